The summed E-state index contributed by atoms with van der Waals surface area (Å²) in [5.74, 6) is -0.240. The van der Waals surface area contributed by atoms with E-state index in [1.54, 1.807) is 11.0 Å². The molecule has 1 atom stereocenters. The zero-order valence-electron chi connectivity index (χ0n) is 10.00. The first-order valence-corrected chi connectivity index (χ1v) is 5.71. The van der Waals surface area contributed by atoms with Crippen molar-refractivity contribution in [2.75, 3.05) is 6.54 Å². The lowest BCUT2D eigenvalue weighted by atomic mass is 10.0. The van der Waals surface area contributed by atoms with Crippen molar-refractivity contribution in [3.63, 3.8) is 0 Å². The number of phenols is 2. The van der Waals surface area contributed by atoms with Gasteiger partial charge in [0.25, 0.3) is 0 Å². The van der Waals surface area contributed by atoms with Crippen molar-refractivity contribution in [3.8, 4) is 11.5 Å². The van der Waals surface area contributed by atoms with Crippen molar-refractivity contribution in [2.45, 2.75) is 19.4 Å². The molecule has 0 spiro atoms. The molecule has 2 amide bonds. The molecule has 1 aromatic rings. The summed E-state index contributed by atoms with van der Waals surface area (Å²) in [6.45, 7) is 2.49. The lowest BCUT2D eigenvalue weighted by molar-refractivity contribution is 0.206. The molecule has 0 aliphatic carbocycles. The molecule has 2 rings (SSSR count). The van der Waals surface area contributed by atoms with Crippen molar-refractivity contribution in [2.24, 2.45) is 10.7 Å². The number of phenolic OH excluding ortho intramolecular Hbond substituents is 2. The minimum Gasteiger partial charge on any atom is -0.504 e. The summed E-state index contributed by atoms with van der Waals surface area (Å²) in [5, 5.41) is 18.8. The fourth-order valence-electron chi connectivity index (χ4n) is 2.03. The molecule has 0 aromatic heterocycles. The van der Waals surface area contributed by atoms with Gasteiger partial charge in [0.15, 0.2) is 11.5 Å². The summed E-state index contributed by atoms with van der Waals surface area (Å²) in [6, 6.07) is 3.54. The van der Waals surface area contributed by atoms with E-state index in [4.69, 9.17) is 5.73 Å². The molecule has 6 heteroatoms. The van der Waals surface area contributed by atoms with Crippen LogP contribution in [0, 0.1) is 0 Å². The van der Waals surface area contributed by atoms with E-state index in [-0.39, 0.29) is 23.4 Å². The Kier molecular flexibility index (Phi) is 3.10. The lowest BCUT2D eigenvalue weighted by Gasteiger charge is -2.24. The number of amidine groups is 1. The van der Waals surface area contributed by atoms with Crippen molar-refractivity contribution in [1.29, 1.82) is 0 Å². The van der Waals surface area contributed by atoms with Crippen molar-refractivity contribution in [3.05, 3.63) is 23.8 Å². The number of carbonyl (C=O) groups excluding carboxylic acids is 1. The highest BCUT2D eigenvalue weighted by Crippen LogP contribution is 2.32. The number of amides is 2. The van der Waals surface area contributed by atoms with Crippen LogP contribution in [0.3, 0.4) is 0 Å². The number of hydrogen-bond acceptors (Lipinski definition) is 4. The lowest BCUT2D eigenvalue weighted by Crippen LogP contribution is -2.33. The van der Waals surface area contributed by atoms with E-state index in [1.807, 2.05) is 6.92 Å². The summed E-state index contributed by atoms with van der Waals surface area (Å²) in [7, 11) is 0. The van der Waals surface area contributed by atoms with Gasteiger partial charge in [-0.05, 0) is 24.1 Å². The van der Waals surface area contributed by atoms with Crippen molar-refractivity contribution < 1.29 is 15.0 Å². The topological polar surface area (TPSA) is 99.2 Å². The van der Waals surface area contributed by atoms with E-state index in [0.29, 0.717) is 12.1 Å². The Morgan fingerprint density at radius 1 is 1.39 bits per heavy atom. The SMILES string of the molecule is CCCN1C(=O)N=C(N)C1c1ccc(O)c(O)c1. The van der Waals surface area contributed by atoms with Crippen LogP contribution in [0.1, 0.15) is 24.9 Å². The molecule has 18 heavy (non-hydrogen) atoms. The Morgan fingerprint density at radius 3 is 2.72 bits per heavy atom. The molecule has 4 N–H and O–H groups in total. The fraction of sp³-hybridized carbons (Fsp3) is 0.333. The van der Waals surface area contributed by atoms with Gasteiger partial charge in [0.1, 0.15) is 11.9 Å². The molecule has 1 aliphatic rings. The molecule has 6 nitrogen and oxygen atoms in total. The molecule has 0 saturated carbocycles. The minimum atomic E-state index is -0.469. The van der Waals surface area contributed by atoms with Crippen LogP contribution in [0.25, 0.3) is 0 Å². The zero-order valence-corrected chi connectivity index (χ0v) is 10.00. The minimum absolute atomic E-state index is 0.207. The molecule has 1 aliphatic heterocycles. The Bertz CT molecular complexity index is 513. The molecule has 1 aromatic carbocycles. The van der Waals surface area contributed by atoms with E-state index in [1.165, 1.54) is 12.1 Å². The molecule has 0 saturated heterocycles. The number of aliphatic imine (C=N–C) groups is 1. The average molecular weight is 249 g/mol. The second kappa shape index (κ2) is 4.56. The molecule has 1 heterocycles. The number of nitrogens with zero attached hydrogens (tertiary/aromatic N) is 2. The zero-order chi connectivity index (χ0) is 13.3. The van der Waals surface area contributed by atoms with Crippen LogP contribution in [-0.2, 0) is 0 Å². The molecule has 96 valence electrons. The standard InChI is InChI=1S/C12H15N3O3/c1-2-5-15-10(11(13)14-12(15)18)7-3-4-8(16)9(17)6-7/h3-4,6,10,16-17H,2,5H2,1H3,(H2,13,14,18). The van der Waals surface area contributed by atoms with Gasteiger partial charge in [-0.1, -0.05) is 13.0 Å². The fourth-order valence-corrected chi connectivity index (χ4v) is 2.03. The van der Waals surface area contributed by atoms with Crippen molar-refractivity contribution in [1.82, 2.24) is 4.90 Å². The highest BCUT2D eigenvalue weighted by molar-refractivity contribution is 6.03. The summed E-state index contributed by atoms with van der Waals surface area (Å²) in [5.41, 5.74) is 6.38. The third-order valence-corrected chi connectivity index (χ3v) is 2.84. The molecule has 1 unspecified atom stereocenters. The Balaban J connectivity index is 2.37. The van der Waals surface area contributed by atoms with Crippen LogP contribution in [0.4, 0.5) is 4.79 Å². The number of urea groups is 1. The predicted octanol–water partition coefficient (Wildman–Crippen LogP) is 1.34. The first-order chi connectivity index (χ1) is 8.54. The molecule has 0 bridgehead atoms. The summed E-state index contributed by atoms with van der Waals surface area (Å²) >= 11 is 0. The van der Waals surface area contributed by atoms with Crippen LogP contribution >= 0.6 is 0 Å². The normalized spacial score (nSPS) is 19.2. The van der Waals surface area contributed by atoms with Gasteiger partial charge in [-0.15, -0.1) is 0 Å². The van der Waals surface area contributed by atoms with Crippen LogP contribution in [0.2, 0.25) is 0 Å². The third-order valence-electron chi connectivity index (χ3n) is 2.84. The number of benzene rings is 1. The maximum Gasteiger partial charge on any atom is 0.346 e. The quantitative estimate of drug-likeness (QED) is 0.704. The van der Waals surface area contributed by atoms with Gasteiger partial charge in [0.05, 0.1) is 0 Å². The Hall–Kier alpha value is -2.24. The van der Waals surface area contributed by atoms with E-state index in [0.717, 1.165) is 6.42 Å². The Labute approximate surface area is 104 Å². The first kappa shape index (κ1) is 12.2. The largest absolute Gasteiger partial charge is 0.504 e. The van der Waals surface area contributed by atoms with E-state index in [2.05, 4.69) is 4.99 Å². The van der Waals surface area contributed by atoms with Gasteiger partial charge in [0.2, 0.25) is 0 Å². The highest BCUT2D eigenvalue weighted by Gasteiger charge is 2.34. The van der Waals surface area contributed by atoms with Crippen LogP contribution in [0.15, 0.2) is 23.2 Å². The van der Waals surface area contributed by atoms with Crippen LogP contribution in [0.5, 0.6) is 11.5 Å². The monoisotopic (exact) mass is 249 g/mol. The van der Waals surface area contributed by atoms with Crippen molar-refractivity contribution >= 4 is 11.9 Å². The van der Waals surface area contributed by atoms with Gasteiger partial charge in [0, 0.05) is 6.54 Å². The molecular formula is C12H15N3O3. The number of rotatable bonds is 3. The smallest absolute Gasteiger partial charge is 0.346 e. The average Bonchev–Trinajstić information content (AvgIpc) is 2.59. The van der Waals surface area contributed by atoms with E-state index < -0.39 is 6.04 Å². The van der Waals surface area contributed by atoms with Crippen LogP contribution < -0.4 is 5.73 Å². The summed E-state index contributed by atoms with van der Waals surface area (Å²) in [4.78, 5) is 16.9. The number of aromatic hydroxyl groups is 2. The maximum absolute atomic E-state index is 11.7. The Morgan fingerprint density at radius 2 is 2.11 bits per heavy atom. The van der Waals surface area contributed by atoms with Gasteiger partial charge < -0.3 is 20.8 Å². The van der Waals surface area contributed by atoms with Gasteiger partial charge in [-0.2, -0.15) is 4.99 Å². The predicted molar refractivity (Wildman–Crippen MR) is 66.5 cm³/mol. The van der Waals surface area contributed by atoms with Gasteiger partial charge in [-0.25, -0.2) is 4.79 Å². The highest BCUT2D eigenvalue weighted by atomic mass is 16.3. The second-order valence-electron chi connectivity index (χ2n) is 4.16. The summed E-state index contributed by atoms with van der Waals surface area (Å²) in [6.07, 6.45) is 0.787. The van der Waals surface area contributed by atoms with Gasteiger partial charge in [-0.3, -0.25) is 0 Å². The number of hydrogen-bond donors (Lipinski definition) is 3. The number of nitrogens with two attached hydrogens (primary N) is 1. The molecule has 0 radical (unpaired) electrons. The molecule has 0 fully saturated rings. The van der Waals surface area contributed by atoms with E-state index in [9.17, 15) is 15.0 Å². The maximum atomic E-state index is 11.7. The molecular weight excluding hydrogens is 234 g/mol. The second-order valence-corrected chi connectivity index (χ2v) is 4.16. The first-order valence-electron chi connectivity index (χ1n) is 5.71. The van der Waals surface area contributed by atoms with Crippen LogP contribution in [-0.4, -0.2) is 33.5 Å². The van der Waals surface area contributed by atoms with E-state index >= 15 is 0 Å². The number of carbonyl (C=O) groups is 1. The summed E-state index contributed by atoms with van der Waals surface area (Å²) < 4.78 is 0. The van der Waals surface area contributed by atoms with Gasteiger partial charge >= 0.3 is 6.03 Å². The third kappa shape index (κ3) is 1.97.